The number of hydrogen-bond donors (Lipinski definition) is 0. The van der Waals surface area contributed by atoms with Crippen molar-refractivity contribution in [3.63, 3.8) is 0 Å². The molecule has 0 fully saturated rings. The minimum Gasteiger partial charge on any atom is -0.488 e. The Kier molecular flexibility index (Phi) is 6.04. The molecule has 0 bridgehead atoms. The Bertz CT molecular complexity index is 1120. The van der Waals surface area contributed by atoms with Gasteiger partial charge in [0.1, 0.15) is 18.1 Å². The first-order valence-electron chi connectivity index (χ1n) is 8.94. The Morgan fingerprint density at radius 1 is 0.833 bits per heavy atom. The van der Waals surface area contributed by atoms with Crippen molar-refractivity contribution in [2.75, 3.05) is 0 Å². The Hall–Kier alpha value is -3.26. The molecule has 0 N–H and O–H groups in total. The number of hydrogen-bond acceptors (Lipinski definition) is 5. The van der Waals surface area contributed by atoms with Crippen molar-refractivity contribution in [3.8, 4) is 34.4 Å². The van der Waals surface area contributed by atoms with Crippen LogP contribution in [0.2, 0.25) is 0 Å². The van der Waals surface area contributed by atoms with Crippen LogP contribution < -0.4 is 9.47 Å². The van der Waals surface area contributed by atoms with E-state index in [9.17, 15) is 8.78 Å². The molecule has 4 rings (SSSR count). The summed E-state index contributed by atoms with van der Waals surface area (Å²) in [6, 6.07) is 21.2. The van der Waals surface area contributed by atoms with Crippen LogP contribution >= 0.6 is 15.9 Å². The molecule has 8 heteroatoms. The Labute approximate surface area is 179 Å². The SMILES string of the molecule is FC(F)Oc1ccc(-c2nnc(-c3ccc(COc4ccccc4Br)cc3)o2)cc1. The van der Waals surface area contributed by atoms with Crippen molar-refractivity contribution < 1.29 is 22.7 Å². The molecule has 3 aromatic carbocycles. The van der Waals surface area contributed by atoms with Crippen molar-refractivity contribution >= 4 is 15.9 Å². The lowest BCUT2D eigenvalue weighted by atomic mass is 10.1. The second-order valence-electron chi connectivity index (χ2n) is 6.23. The lowest BCUT2D eigenvalue weighted by Gasteiger charge is -2.08. The van der Waals surface area contributed by atoms with Crippen LogP contribution in [0.4, 0.5) is 8.78 Å². The van der Waals surface area contributed by atoms with Gasteiger partial charge in [0.15, 0.2) is 0 Å². The van der Waals surface area contributed by atoms with Crippen LogP contribution in [-0.4, -0.2) is 16.8 Å². The number of halogens is 3. The standard InChI is InChI=1S/C22H15BrF2N2O3/c23-18-3-1-2-4-19(18)28-13-14-5-7-15(8-6-14)20-26-27-21(30-20)16-9-11-17(12-10-16)29-22(24)25/h1-12,22H,13H2. The molecule has 0 aliphatic heterocycles. The van der Waals surface area contributed by atoms with Crippen LogP contribution in [0.3, 0.4) is 0 Å². The average Bonchev–Trinajstić information content (AvgIpc) is 3.24. The molecule has 1 aromatic heterocycles. The monoisotopic (exact) mass is 472 g/mol. The van der Waals surface area contributed by atoms with Gasteiger partial charge in [-0.2, -0.15) is 8.78 Å². The number of para-hydroxylation sites is 1. The van der Waals surface area contributed by atoms with Gasteiger partial charge < -0.3 is 13.9 Å². The predicted octanol–water partition coefficient (Wildman–Crippen LogP) is 6.35. The molecule has 5 nitrogen and oxygen atoms in total. The minimum absolute atomic E-state index is 0.0637. The molecule has 0 aliphatic carbocycles. The molecule has 0 spiro atoms. The summed E-state index contributed by atoms with van der Waals surface area (Å²) in [5.74, 6) is 1.48. The zero-order valence-corrected chi connectivity index (χ0v) is 17.1. The molecule has 0 saturated heterocycles. The molecule has 30 heavy (non-hydrogen) atoms. The van der Waals surface area contributed by atoms with Gasteiger partial charge in [-0.1, -0.05) is 24.3 Å². The normalized spacial score (nSPS) is 10.9. The largest absolute Gasteiger partial charge is 0.488 e. The lowest BCUT2D eigenvalue weighted by molar-refractivity contribution is -0.0498. The maximum atomic E-state index is 12.2. The highest BCUT2D eigenvalue weighted by Crippen LogP contribution is 2.27. The van der Waals surface area contributed by atoms with Crippen LogP contribution in [0.1, 0.15) is 5.56 Å². The molecular formula is C22H15BrF2N2O3. The average molecular weight is 473 g/mol. The van der Waals surface area contributed by atoms with Crippen molar-refractivity contribution in [1.29, 1.82) is 0 Å². The number of nitrogens with zero attached hydrogens (tertiary/aromatic N) is 2. The highest BCUT2D eigenvalue weighted by molar-refractivity contribution is 9.10. The summed E-state index contributed by atoms with van der Waals surface area (Å²) in [4.78, 5) is 0. The molecule has 1 heterocycles. The van der Waals surface area contributed by atoms with Crippen molar-refractivity contribution in [1.82, 2.24) is 10.2 Å². The van der Waals surface area contributed by atoms with Gasteiger partial charge in [-0.25, -0.2) is 0 Å². The fourth-order valence-corrected chi connectivity index (χ4v) is 3.10. The first-order valence-corrected chi connectivity index (χ1v) is 9.73. The second kappa shape index (κ2) is 9.04. The molecule has 0 atom stereocenters. The topological polar surface area (TPSA) is 57.4 Å². The van der Waals surface area contributed by atoms with Crippen LogP contribution in [0, 0.1) is 0 Å². The van der Waals surface area contributed by atoms with E-state index in [0.717, 1.165) is 21.3 Å². The molecule has 4 aromatic rings. The summed E-state index contributed by atoms with van der Waals surface area (Å²) in [6.45, 7) is -2.45. The zero-order valence-electron chi connectivity index (χ0n) is 15.5. The van der Waals surface area contributed by atoms with Crippen LogP contribution in [0.15, 0.2) is 81.7 Å². The summed E-state index contributed by atoms with van der Waals surface area (Å²) in [6.07, 6.45) is 0. The van der Waals surface area contributed by atoms with Crippen LogP contribution in [-0.2, 0) is 6.61 Å². The van der Waals surface area contributed by atoms with E-state index in [4.69, 9.17) is 9.15 Å². The fraction of sp³-hybridized carbons (Fsp3) is 0.0909. The van der Waals surface area contributed by atoms with Crippen molar-refractivity contribution in [2.24, 2.45) is 0 Å². The summed E-state index contributed by atoms with van der Waals surface area (Å²) in [5, 5.41) is 8.09. The van der Waals surface area contributed by atoms with Gasteiger partial charge in [0, 0.05) is 11.1 Å². The lowest BCUT2D eigenvalue weighted by Crippen LogP contribution is -2.01. The van der Waals surface area contributed by atoms with Gasteiger partial charge in [-0.05, 0) is 70.0 Å². The van der Waals surface area contributed by atoms with Gasteiger partial charge in [0.2, 0.25) is 11.8 Å². The third kappa shape index (κ3) is 4.83. The van der Waals surface area contributed by atoms with E-state index in [1.54, 1.807) is 12.1 Å². The van der Waals surface area contributed by atoms with Gasteiger partial charge >= 0.3 is 6.61 Å². The van der Waals surface area contributed by atoms with Gasteiger partial charge in [-0.15, -0.1) is 10.2 Å². The van der Waals surface area contributed by atoms with E-state index in [1.807, 2.05) is 48.5 Å². The maximum absolute atomic E-state index is 12.2. The number of alkyl halides is 2. The van der Waals surface area contributed by atoms with E-state index in [1.165, 1.54) is 12.1 Å². The molecule has 152 valence electrons. The highest BCUT2D eigenvalue weighted by atomic mass is 79.9. The first-order chi connectivity index (χ1) is 14.6. The van der Waals surface area contributed by atoms with Crippen LogP contribution in [0.25, 0.3) is 22.9 Å². The molecule has 0 saturated carbocycles. The number of ether oxygens (including phenoxy) is 2. The smallest absolute Gasteiger partial charge is 0.387 e. The summed E-state index contributed by atoms with van der Waals surface area (Å²) >= 11 is 3.45. The summed E-state index contributed by atoms with van der Waals surface area (Å²) in [7, 11) is 0. The quantitative estimate of drug-likeness (QED) is 0.313. The molecule has 0 unspecified atom stereocenters. The maximum Gasteiger partial charge on any atom is 0.387 e. The van der Waals surface area contributed by atoms with Gasteiger partial charge in [-0.3, -0.25) is 0 Å². The van der Waals surface area contributed by atoms with Gasteiger partial charge in [0.05, 0.1) is 4.47 Å². The number of benzene rings is 3. The third-order valence-electron chi connectivity index (χ3n) is 4.18. The van der Waals surface area contributed by atoms with Crippen molar-refractivity contribution in [3.05, 3.63) is 82.8 Å². The zero-order chi connectivity index (χ0) is 20.9. The van der Waals surface area contributed by atoms with Crippen molar-refractivity contribution in [2.45, 2.75) is 13.2 Å². The van der Waals surface area contributed by atoms with E-state index >= 15 is 0 Å². The summed E-state index contributed by atoms with van der Waals surface area (Å²) in [5.41, 5.74) is 2.36. The second-order valence-corrected chi connectivity index (χ2v) is 7.09. The van der Waals surface area contributed by atoms with Crippen LogP contribution in [0.5, 0.6) is 11.5 Å². The minimum atomic E-state index is -2.87. The molecule has 0 radical (unpaired) electrons. The Balaban J connectivity index is 1.42. The first kappa shape index (κ1) is 20.0. The predicted molar refractivity (Wildman–Crippen MR) is 110 cm³/mol. The van der Waals surface area contributed by atoms with E-state index in [2.05, 4.69) is 30.9 Å². The van der Waals surface area contributed by atoms with E-state index in [-0.39, 0.29) is 11.6 Å². The van der Waals surface area contributed by atoms with E-state index in [0.29, 0.717) is 18.1 Å². The Morgan fingerprint density at radius 3 is 2.03 bits per heavy atom. The fourth-order valence-electron chi connectivity index (χ4n) is 2.70. The number of aromatic nitrogens is 2. The molecule has 0 aliphatic rings. The highest BCUT2D eigenvalue weighted by Gasteiger charge is 2.12. The molecular weight excluding hydrogens is 458 g/mol. The van der Waals surface area contributed by atoms with Gasteiger partial charge in [0.25, 0.3) is 0 Å². The third-order valence-corrected chi connectivity index (χ3v) is 4.84. The Morgan fingerprint density at radius 2 is 1.43 bits per heavy atom. The van der Waals surface area contributed by atoms with E-state index < -0.39 is 6.61 Å². The molecule has 0 amide bonds. The number of rotatable bonds is 7. The summed E-state index contributed by atoms with van der Waals surface area (Å²) < 4.78 is 41.2.